The average Bonchev–Trinajstić information content (AvgIpc) is 2.03. The van der Waals surface area contributed by atoms with Crippen LogP contribution in [0.3, 0.4) is 0 Å². The number of nitrogens with zero attached hydrogens (tertiary/aromatic N) is 1. The molecule has 0 amide bonds. The fourth-order valence-corrected chi connectivity index (χ4v) is 0.845. The van der Waals surface area contributed by atoms with Crippen LogP contribution in [-0.4, -0.2) is 22.2 Å². The van der Waals surface area contributed by atoms with Gasteiger partial charge in [-0.15, -0.1) is 0 Å². The van der Waals surface area contributed by atoms with E-state index < -0.39 is 7.12 Å². The number of aromatic nitrogens is 1. The van der Waals surface area contributed by atoms with Crippen LogP contribution in [0.5, 0.6) is 0 Å². The lowest BCUT2D eigenvalue weighted by atomic mass is 9.83. The molecule has 11 heavy (non-hydrogen) atoms. The summed E-state index contributed by atoms with van der Waals surface area (Å²) in [5.74, 6) is 0. The number of hydrogen-bond acceptors (Lipinski definition) is 3. The zero-order valence-electron chi connectivity index (χ0n) is 6.14. The maximum atomic E-state index is 8.55. The topological polar surface area (TPSA) is 53.4 Å². The van der Waals surface area contributed by atoms with Gasteiger partial charge in [0.05, 0.1) is 0 Å². The number of rotatable bonds is 3. The van der Waals surface area contributed by atoms with Gasteiger partial charge in [0.1, 0.15) is 0 Å². The SMILES string of the molecule is OB(O)CCc1ccncc1. The van der Waals surface area contributed by atoms with Gasteiger partial charge in [-0.2, -0.15) is 0 Å². The summed E-state index contributed by atoms with van der Waals surface area (Å²) in [5, 5.41) is 17.1. The molecule has 0 radical (unpaired) electrons. The third kappa shape index (κ3) is 3.16. The third-order valence-electron chi connectivity index (χ3n) is 1.44. The zero-order chi connectivity index (χ0) is 8.10. The van der Waals surface area contributed by atoms with E-state index in [0.717, 1.165) is 5.56 Å². The van der Waals surface area contributed by atoms with Crippen LogP contribution in [0.1, 0.15) is 5.56 Å². The van der Waals surface area contributed by atoms with Gasteiger partial charge in [-0.1, -0.05) is 0 Å². The highest BCUT2D eigenvalue weighted by Crippen LogP contribution is 2.01. The second-order valence-corrected chi connectivity index (χ2v) is 2.37. The van der Waals surface area contributed by atoms with E-state index in [-0.39, 0.29) is 0 Å². The first-order chi connectivity index (χ1) is 5.29. The van der Waals surface area contributed by atoms with Crippen molar-refractivity contribution >= 4 is 7.12 Å². The zero-order valence-corrected chi connectivity index (χ0v) is 6.14. The molecule has 0 spiro atoms. The van der Waals surface area contributed by atoms with E-state index in [1.54, 1.807) is 12.4 Å². The van der Waals surface area contributed by atoms with Crippen molar-refractivity contribution in [1.29, 1.82) is 0 Å². The molecule has 0 saturated carbocycles. The Hall–Kier alpha value is -0.865. The fraction of sp³-hybridized carbons (Fsp3) is 0.286. The maximum Gasteiger partial charge on any atom is 0.451 e. The van der Waals surface area contributed by atoms with Gasteiger partial charge in [0.25, 0.3) is 0 Å². The summed E-state index contributed by atoms with van der Waals surface area (Å²) in [6.07, 6.45) is 4.45. The summed E-state index contributed by atoms with van der Waals surface area (Å²) in [5.41, 5.74) is 1.08. The summed E-state index contributed by atoms with van der Waals surface area (Å²) >= 11 is 0. The van der Waals surface area contributed by atoms with Gasteiger partial charge in [-0.3, -0.25) is 4.98 Å². The van der Waals surface area contributed by atoms with E-state index in [9.17, 15) is 0 Å². The van der Waals surface area contributed by atoms with E-state index in [0.29, 0.717) is 12.7 Å². The van der Waals surface area contributed by atoms with Crippen LogP contribution in [0.2, 0.25) is 6.32 Å². The molecule has 4 heteroatoms. The minimum absolute atomic E-state index is 0.379. The lowest BCUT2D eigenvalue weighted by molar-refractivity contribution is 0.405. The summed E-state index contributed by atoms with van der Waals surface area (Å²) in [6.45, 7) is 0. The van der Waals surface area contributed by atoms with Crippen molar-refractivity contribution in [1.82, 2.24) is 4.98 Å². The van der Waals surface area contributed by atoms with Gasteiger partial charge in [-0.25, -0.2) is 0 Å². The van der Waals surface area contributed by atoms with Crippen LogP contribution in [0.25, 0.3) is 0 Å². The quantitative estimate of drug-likeness (QED) is 0.602. The molecular weight excluding hydrogens is 141 g/mol. The van der Waals surface area contributed by atoms with Crippen molar-refractivity contribution in [2.45, 2.75) is 12.7 Å². The van der Waals surface area contributed by atoms with E-state index in [1.807, 2.05) is 12.1 Å². The normalized spacial score (nSPS) is 9.64. The Balaban J connectivity index is 2.39. The Labute approximate surface area is 65.9 Å². The first kappa shape index (κ1) is 8.23. The third-order valence-corrected chi connectivity index (χ3v) is 1.44. The summed E-state index contributed by atoms with van der Waals surface area (Å²) in [6, 6.07) is 3.73. The molecule has 0 atom stereocenters. The Bertz CT molecular complexity index is 203. The van der Waals surface area contributed by atoms with E-state index in [2.05, 4.69) is 4.98 Å². The van der Waals surface area contributed by atoms with Crippen molar-refractivity contribution in [3.05, 3.63) is 30.1 Å². The van der Waals surface area contributed by atoms with Crippen LogP contribution in [0.15, 0.2) is 24.5 Å². The van der Waals surface area contributed by atoms with Gasteiger partial charge in [0.2, 0.25) is 0 Å². The predicted molar refractivity (Wildman–Crippen MR) is 42.9 cm³/mol. The smallest absolute Gasteiger partial charge is 0.427 e. The van der Waals surface area contributed by atoms with Gasteiger partial charge in [0.15, 0.2) is 0 Å². The highest BCUT2D eigenvalue weighted by molar-refractivity contribution is 6.40. The number of pyridine rings is 1. The molecule has 2 N–H and O–H groups in total. The van der Waals surface area contributed by atoms with E-state index in [1.165, 1.54) is 0 Å². The van der Waals surface area contributed by atoms with Gasteiger partial charge < -0.3 is 10.0 Å². The summed E-state index contributed by atoms with van der Waals surface area (Å²) in [4.78, 5) is 3.85. The minimum Gasteiger partial charge on any atom is -0.427 e. The molecule has 0 bridgehead atoms. The highest BCUT2D eigenvalue weighted by atomic mass is 16.4. The number of aryl methyl sites for hydroxylation is 1. The molecule has 58 valence electrons. The average molecular weight is 151 g/mol. The van der Waals surface area contributed by atoms with Gasteiger partial charge in [0, 0.05) is 12.4 Å². The monoisotopic (exact) mass is 151 g/mol. The van der Waals surface area contributed by atoms with Crippen molar-refractivity contribution in [2.24, 2.45) is 0 Å². The Kier molecular flexibility index (Phi) is 3.07. The second-order valence-electron chi connectivity index (χ2n) is 2.37. The molecule has 1 aromatic rings. The summed E-state index contributed by atoms with van der Waals surface area (Å²) in [7, 11) is -1.21. The predicted octanol–water partition coefficient (Wildman–Crippen LogP) is 0.0969. The molecule has 1 aromatic heterocycles. The highest BCUT2D eigenvalue weighted by Gasteiger charge is 2.05. The molecule has 1 heterocycles. The molecule has 0 saturated heterocycles. The van der Waals surface area contributed by atoms with Crippen LogP contribution >= 0.6 is 0 Å². The molecule has 0 aliphatic carbocycles. The minimum atomic E-state index is -1.21. The standard InChI is InChI=1S/C7H10BNO2/c10-8(11)4-1-7-2-5-9-6-3-7/h2-3,5-6,10-11H,1,4H2. The van der Waals surface area contributed by atoms with Crippen molar-refractivity contribution in [3.63, 3.8) is 0 Å². The van der Waals surface area contributed by atoms with E-state index in [4.69, 9.17) is 10.0 Å². The fourth-order valence-electron chi connectivity index (χ4n) is 0.845. The van der Waals surface area contributed by atoms with Crippen LogP contribution in [0.4, 0.5) is 0 Å². The first-order valence-electron chi connectivity index (χ1n) is 3.54. The van der Waals surface area contributed by atoms with Crippen LogP contribution in [-0.2, 0) is 6.42 Å². The molecule has 0 unspecified atom stereocenters. The van der Waals surface area contributed by atoms with Gasteiger partial charge >= 0.3 is 7.12 Å². The van der Waals surface area contributed by atoms with Crippen molar-refractivity contribution in [3.8, 4) is 0 Å². The van der Waals surface area contributed by atoms with Crippen molar-refractivity contribution < 1.29 is 10.0 Å². The lowest BCUT2D eigenvalue weighted by Gasteiger charge is -1.98. The molecule has 0 aromatic carbocycles. The van der Waals surface area contributed by atoms with Crippen LogP contribution < -0.4 is 0 Å². The largest absolute Gasteiger partial charge is 0.451 e. The summed E-state index contributed by atoms with van der Waals surface area (Å²) < 4.78 is 0. The molecule has 0 aliphatic rings. The lowest BCUT2D eigenvalue weighted by Crippen LogP contribution is -2.10. The first-order valence-corrected chi connectivity index (χ1v) is 3.54. The Morgan fingerprint density at radius 3 is 2.45 bits per heavy atom. The molecule has 0 aliphatic heterocycles. The number of hydrogen-bond donors (Lipinski definition) is 2. The molecule has 1 rings (SSSR count). The maximum absolute atomic E-state index is 8.55. The Morgan fingerprint density at radius 1 is 1.27 bits per heavy atom. The molecular formula is C7H10BNO2. The van der Waals surface area contributed by atoms with Crippen LogP contribution in [0, 0.1) is 0 Å². The second kappa shape index (κ2) is 4.11. The van der Waals surface area contributed by atoms with E-state index >= 15 is 0 Å². The Morgan fingerprint density at radius 2 is 1.91 bits per heavy atom. The molecule has 0 fully saturated rings. The molecule has 3 nitrogen and oxygen atoms in total. The van der Waals surface area contributed by atoms with Crippen molar-refractivity contribution in [2.75, 3.05) is 0 Å². The van der Waals surface area contributed by atoms with Gasteiger partial charge in [-0.05, 0) is 30.4 Å².